The van der Waals surface area contributed by atoms with Crippen LogP contribution in [0.2, 0.25) is 0 Å². The monoisotopic (exact) mass is 179 g/mol. The predicted molar refractivity (Wildman–Crippen MR) is 47.9 cm³/mol. The first kappa shape index (κ1) is 8.16. The number of aromatic amines is 1. The summed E-state index contributed by atoms with van der Waals surface area (Å²) in [5.41, 5.74) is 1.51. The molecule has 0 saturated carbocycles. The Hall–Kier alpha value is -1.45. The molecule has 0 aliphatic rings. The van der Waals surface area contributed by atoms with Crippen LogP contribution in [0.3, 0.4) is 0 Å². The van der Waals surface area contributed by atoms with Gasteiger partial charge in [0.15, 0.2) is 5.65 Å². The van der Waals surface area contributed by atoms with E-state index in [0.29, 0.717) is 5.65 Å². The first-order valence-electron chi connectivity index (χ1n) is 4.18. The highest BCUT2D eigenvalue weighted by Crippen LogP contribution is 2.21. The normalized spacial score (nSPS) is 11.4. The lowest BCUT2D eigenvalue weighted by Gasteiger charge is -1.98. The second kappa shape index (κ2) is 2.80. The number of rotatable bonds is 1. The number of aromatic nitrogens is 3. The first-order chi connectivity index (χ1) is 6.18. The maximum absolute atomic E-state index is 12.9. The lowest BCUT2D eigenvalue weighted by Crippen LogP contribution is -1.88. The number of pyridine rings is 1. The van der Waals surface area contributed by atoms with E-state index in [-0.39, 0.29) is 11.7 Å². The van der Waals surface area contributed by atoms with E-state index in [1.165, 1.54) is 12.3 Å². The Morgan fingerprint density at radius 1 is 1.46 bits per heavy atom. The van der Waals surface area contributed by atoms with Crippen molar-refractivity contribution < 1.29 is 4.39 Å². The van der Waals surface area contributed by atoms with Crippen molar-refractivity contribution in [2.75, 3.05) is 0 Å². The fourth-order valence-electron chi connectivity index (χ4n) is 1.34. The molecule has 0 fully saturated rings. The van der Waals surface area contributed by atoms with Gasteiger partial charge in [-0.2, -0.15) is 5.10 Å². The fourth-order valence-corrected chi connectivity index (χ4v) is 1.34. The summed E-state index contributed by atoms with van der Waals surface area (Å²) in [6.07, 6.45) is 1.19. The molecule has 0 aliphatic heterocycles. The predicted octanol–water partition coefficient (Wildman–Crippen LogP) is 2.22. The molecule has 0 atom stereocenters. The van der Waals surface area contributed by atoms with Crippen molar-refractivity contribution in [1.29, 1.82) is 0 Å². The van der Waals surface area contributed by atoms with Crippen LogP contribution >= 0.6 is 0 Å². The van der Waals surface area contributed by atoms with Gasteiger partial charge in [-0.3, -0.25) is 5.10 Å². The molecule has 0 saturated heterocycles. The van der Waals surface area contributed by atoms with E-state index in [9.17, 15) is 4.39 Å². The van der Waals surface area contributed by atoms with Crippen molar-refractivity contribution in [3.8, 4) is 0 Å². The number of nitrogens with one attached hydrogen (secondary N) is 1. The van der Waals surface area contributed by atoms with Crippen LogP contribution in [0, 0.1) is 5.82 Å². The summed E-state index contributed by atoms with van der Waals surface area (Å²) in [4.78, 5) is 3.89. The Labute approximate surface area is 75.0 Å². The van der Waals surface area contributed by atoms with E-state index in [0.717, 1.165) is 11.1 Å². The number of H-pyrrole nitrogens is 1. The smallest absolute Gasteiger partial charge is 0.155 e. The fraction of sp³-hybridized carbons (Fsp3) is 0.333. The van der Waals surface area contributed by atoms with E-state index < -0.39 is 0 Å². The molecule has 3 nitrogen and oxygen atoms in total. The molecule has 2 heterocycles. The van der Waals surface area contributed by atoms with Crippen LogP contribution in [0.4, 0.5) is 4.39 Å². The quantitative estimate of drug-likeness (QED) is 0.729. The largest absolute Gasteiger partial charge is 0.261 e. The summed E-state index contributed by atoms with van der Waals surface area (Å²) in [6.45, 7) is 4.03. The molecule has 0 aromatic carbocycles. The second-order valence-corrected chi connectivity index (χ2v) is 3.31. The van der Waals surface area contributed by atoms with Gasteiger partial charge in [0.25, 0.3) is 0 Å². The molecule has 0 spiro atoms. The van der Waals surface area contributed by atoms with Crippen LogP contribution in [0.5, 0.6) is 0 Å². The van der Waals surface area contributed by atoms with Crippen LogP contribution in [-0.4, -0.2) is 15.2 Å². The Morgan fingerprint density at radius 2 is 2.23 bits per heavy atom. The molecule has 0 amide bonds. The summed E-state index contributed by atoms with van der Waals surface area (Å²) in [5.74, 6) is -0.0480. The highest BCUT2D eigenvalue weighted by Gasteiger charge is 2.10. The average molecular weight is 179 g/mol. The summed E-state index contributed by atoms with van der Waals surface area (Å²) in [7, 11) is 0. The number of halogens is 1. The molecule has 0 radical (unpaired) electrons. The van der Waals surface area contributed by atoms with Gasteiger partial charge in [0.1, 0.15) is 5.82 Å². The van der Waals surface area contributed by atoms with Gasteiger partial charge in [0.05, 0.1) is 11.9 Å². The molecule has 0 bridgehead atoms. The van der Waals surface area contributed by atoms with E-state index in [4.69, 9.17) is 0 Å². The van der Waals surface area contributed by atoms with E-state index in [1.807, 2.05) is 13.8 Å². The van der Waals surface area contributed by atoms with Crippen molar-refractivity contribution in [3.05, 3.63) is 23.8 Å². The van der Waals surface area contributed by atoms with Crippen LogP contribution in [-0.2, 0) is 0 Å². The van der Waals surface area contributed by atoms with Gasteiger partial charge >= 0.3 is 0 Å². The molecule has 4 heteroatoms. The number of hydrogen-bond donors (Lipinski definition) is 1. The molecule has 2 aromatic heterocycles. The van der Waals surface area contributed by atoms with Gasteiger partial charge < -0.3 is 0 Å². The maximum Gasteiger partial charge on any atom is 0.155 e. The van der Waals surface area contributed by atoms with Crippen molar-refractivity contribution in [2.45, 2.75) is 19.8 Å². The minimum Gasteiger partial charge on any atom is -0.261 e. The zero-order valence-electron chi connectivity index (χ0n) is 7.50. The summed E-state index contributed by atoms with van der Waals surface area (Å²) >= 11 is 0. The molecule has 0 unspecified atom stereocenters. The topological polar surface area (TPSA) is 41.6 Å². The first-order valence-corrected chi connectivity index (χ1v) is 4.18. The van der Waals surface area contributed by atoms with E-state index in [2.05, 4.69) is 15.2 Å². The zero-order valence-corrected chi connectivity index (χ0v) is 7.50. The highest BCUT2D eigenvalue weighted by molar-refractivity contribution is 5.77. The minimum absolute atomic E-state index is 0.275. The van der Waals surface area contributed by atoms with Crippen LogP contribution in [0.25, 0.3) is 11.0 Å². The molecular weight excluding hydrogens is 169 g/mol. The molecule has 0 aliphatic carbocycles. The summed E-state index contributed by atoms with van der Waals surface area (Å²) < 4.78 is 12.9. The Morgan fingerprint density at radius 3 is 2.92 bits per heavy atom. The molecular formula is C9H10FN3. The second-order valence-electron chi connectivity index (χ2n) is 3.31. The van der Waals surface area contributed by atoms with Gasteiger partial charge in [-0.05, 0) is 12.0 Å². The van der Waals surface area contributed by atoms with E-state index >= 15 is 0 Å². The SMILES string of the molecule is CC(C)c1n[nH]c2ncc(F)cc12. The number of hydrogen-bond acceptors (Lipinski definition) is 2. The highest BCUT2D eigenvalue weighted by atomic mass is 19.1. The lowest BCUT2D eigenvalue weighted by molar-refractivity contribution is 0.624. The molecule has 13 heavy (non-hydrogen) atoms. The third kappa shape index (κ3) is 1.28. The zero-order chi connectivity index (χ0) is 9.42. The molecule has 1 N–H and O–H groups in total. The van der Waals surface area contributed by atoms with Gasteiger partial charge in [0, 0.05) is 5.39 Å². The van der Waals surface area contributed by atoms with Gasteiger partial charge in [-0.25, -0.2) is 9.37 Å². The third-order valence-electron chi connectivity index (χ3n) is 1.96. The average Bonchev–Trinajstić information content (AvgIpc) is 2.46. The van der Waals surface area contributed by atoms with Crippen molar-refractivity contribution >= 4 is 11.0 Å². The minimum atomic E-state index is -0.323. The van der Waals surface area contributed by atoms with Crippen molar-refractivity contribution in [2.24, 2.45) is 0 Å². The van der Waals surface area contributed by atoms with Crippen molar-refractivity contribution in [3.63, 3.8) is 0 Å². The standard InChI is InChI=1S/C9H10FN3/c1-5(2)8-7-3-6(10)4-11-9(7)13-12-8/h3-5H,1-2H3,(H,11,12,13). The van der Waals surface area contributed by atoms with E-state index in [1.54, 1.807) is 0 Å². The van der Waals surface area contributed by atoms with Gasteiger partial charge in [0.2, 0.25) is 0 Å². The number of fused-ring (bicyclic) bond motifs is 1. The van der Waals surface area contributed by atoms with Crippen LogP contribution in [0.1, 0.15) is 25.5 Å². The van der Waals surface area contributed by atoms with Gasteiger partial charge in [-0.1, -0.05) is 13.8 Å². The van der Waals surface area contributed by atoms with Gasteiger partial charge in [-0.15, -0.1) is 0 Å². The lowest BCUT2D eigenvalue weighted by atomic mass is 10.1. The molecule has 2 aromatic rings. The summed E-state index contributed by atoms with van der Waals surface area (Å²) in [5, 5.41) is 7.62. The van der Waals surface area contributed by atoms with Crippen molar-refractivity contribution in [1.82, 2.24) is 15.2 Å². The summed E-state index contributed by atoms with van der Waals surface area (Å²) in [6, 6.07) is 1.46. The third-order valence-corrected chi connectivity index (χ3v) is 1.96. The molecule has 2 rings (SSSR count). The van der Waals surface area contributed by atoms with Crippen LogP contribution < -0.4 is 0 Å². The molecule has 68 valence electrons. The Kier molecular flexibility index (Phi) is 1.76. The maximum atomic E-state index is 12.9. The number of nitrogens with zero attached hydrogens (tertiary/aromatic N) is 2. The van der Waals surface area contributed by atoms with Crippen LogP contribution in [0.15, 0.2) is 12.3 Å². The Bertz CT molecular complexity index is 433. The Balaban J connectivity index is 2.71.